The summed E-state index contributed by atoms with van der Waals surface area (Å²) < 4.78 is 0. The van der Waals surface area contributed by atoms with Crippen molar-refractivity contribution in [2.24, 2.45) is 5.92 Å². The number of piperidine rings is 1. The molecule has 7 nitrogen and oxygen atoms in total. The van der Waals surface area contributed by atoms with Crippen LogP contribution < -0.4 is 11.1 Å². The highest BCUT2D eigenvalue weighted by atomic mass is 16.2. The first-order valence-electron chi connectivity index (χ1n) is 7.85. The van der Waals surface area contributed by atoms with Crippen LogP contribution >= 0.6 is 0 Å². The van der Waals surface area contributed by atoms with E-state index in [1.165, 1.54) is 6.20 Å². The summed E-state index contributed by atoms with van der Waals surface area (Å²) in [5, 5.41) is 2.83. The molecule has 0 bridgehead atoms. The molecule has 2 amide bonds. The maximum absolute atomic E-state index is 12.5. The molecule has 7 heteroatoms. The summed E-state index contributed by atoms with van der Waals surface area (Å²) >= 11 is 0. The Morgan fingerprint density at radius 1 is 1.21 bits per heavy atom. The van der Waals surface area contributed by atoms with Crippen LogP contribution in [-0.4, -0.2) is 39.8 Å². The Hall–Kier alpha value is -2.96. The van der Waals surface area contributed by atoms with E-state index in [9.17, 15) is 9.59 Å². The van der Waals surface area contributed by atoms with E-state index in [4.69, 9.17) is 5.73 Å². The number of amides is 2. The van der Waals surface area contributed by atoms with Gasteiger partial charge in [0.1, 0.15) is 5.82 Å². The lowest BCUT2D eigenvalue weighted by atomic mass is 9.96. The van der Waals surface area contributed by atoms with Gasteiger partial charge in [0.05, 0.1) is 17.8 Å². The lowest BCUT2D eigenvalue weighted by Gasteiger charge is -2.32. The second-order valence-electron chi connectivity index (χ2n) is 5.79. The number of nitrogens with two attached hydrogens (primary N) is 1. The Kier molecular flexibility index (Phi) is 4.69. The first kappa shape index (κ1) is 15.9. The van der Waals surface area contributed by atoms with E-state index in [1.54, 1.807) is 41.6 Å². The number of carbonyl (C=O) groups excluding carboxylic acids is 2. The Bertz CT molecular complexity index is 718. The van der Waals surface area contributed by atoms with Gasteiger partial charge in [0.15, 0.2) is 0 Å². The molecular formula is C17H19N5O2. The molecule has 2 aromatic rings. The van der Waals surface area contributed by atoms with Crippen molar-refractivity contribution in [2.45, 2.75) is 12.8 Å². The van der Waals surface area contributed by atoms with Crippen LogP contribution in [0.2, 0.25) is 0 Å². The van der Waals surface area contributed by atoms with Crippen LogP contribution in [0.1, 0.15) is 23.2 Å². The Morgan fingerprint density at radius 3 is 2.71 bits per heavy atom. The van der Waals surface area contributed by atoms with Crippen LogP contribution in [0, 0.1) is 5.92 Å². The minimum Gasteiger partial charge on any atom is -0.384 e. The molecule has 0 radical (unpaired) electrons. The lowest BCUT2D eigenvalue weighted by molar-refractivity contribution is -0.121. The minimum absolute atomic E-state index is 0.0657. The van der Waals surface area contributed by atoms with Crippen molar-refractivity contribution in [3.8, 4) is 0 Å². The number of rotatable bonds is 3. The topological polar surface area (TPSA) is 101 Å². The standard InChI is InChI=1S/C17H19N5O2/c18-15-4-3-14(10-20-15)21-16(23)13-2-1-9-22(11-13)17(24)12-5-7-19-8-6-12/h3-8,10,13H,1-2,9,11H2,(H2,18,20)(H,21,23). The molecular weight excluding hydrogens is 306 g/mol. The Labute approximate surface area is 139 Å². The smallest absolute Gasteiger partial charge is 0.253 e. The van der Waals surface area contributed by atoms with Gasteiger partial charge in [-0.1, -0.05) is 0 Å². The van der Waals surface area contributed by atoms with Gasteiger partial charge in [0.25, 0.3) is 5.91 Å². The van der Waals surface area contributed by atoms with Crippen LogP contribution in [0.3, 0.4) is 0 Å². The van der Waals surface area contributed by atoms with E-state index < -0.39 is 0 Å². The summed E-state index contributed by atoms with van der Waals surface area (Å²) in [5.41, 5.74) is 6.73. The number of nitrogens with one attached hydrogen (secondary N) is 1. The van der Waals surface area contributed by atoms with Crippen molar-refractivity contribution in [1.29, 1.82) is 0 Å². The molecule has 1 atom stereocenters. The van der Waals surface area contributed by atoms with Crippen LogP contribution in [-0.2, 0) is 4.79 Å². The number of anilines is 2. The lowest BCUT2D eigenvalue weighted by Crippen LogP contribution is -2.43. The Morgan fingerprint density at radius 2 is 2.00 bits per heavy atom. The van der Waals surface area contributed by atoms with Crippen molar-refractivity contribution in [3.05, 3.63) is 48.4 Å². The molecule has 1 saturated heterocycles. The van der Waals surface area contributed by atoms with Gasteiger partial charge in [-0.05, 0) is 37.1 Å². The van der Waals surface area contributed by atoms with Gasteiger partial charge in [-0.3, -0.25) is 14.6 Å². The summed E-state index contributed by atoms with van der Waals surface area (Å²) in [6.45, 7) is 1.07. The second-order valence-corrected chi connectivity index (χ2v) is 5.79. The van der Waals surface area contributed by atoms with Crippen LogP contribution in [0.4, 0.5) is 11.5 Å². The summed E-state index contributed by atoms with van der Waals surface area (Å²) in [6.07, 6.45) is 6.27. The number of aromatic nitrogens is 2. The quantitative estimate of drug-likeness (QED) is 0.891. The molecule has 0 aromatic carbocycles. The average molecular weight is 325 g/mol. The van der Waals surface area contributed by atoms with Crippen molar-refractivity contribution >= 4 is 23.3 Å². The highest BCUT2D eigenvalue weighted by molar-refractivity contribution is 5.96. The predicted octanol–water partition coefficient (Wildman–Crippen LogP) is 1.55. The summed E-state index contributed by atoms with van der Waals surface area (Å²) in [5.74, 6) is -0.000250. The molecule has 3 heterocycles. The van der Waals surface area contributed by atoms with E-state index >= 15 is 0 Å². The highest BCUT2D eigenvalue weighted by Gasteiger charge is 2.29. The van der Waals surface area contributed by atoms with Gasteiger partial charge in [-0.25, -0.2) is 4.98 Å². The fraction of sp³-hybridized carbons (Fsp3) is 0.294. The van der Waals surface area contributed by atoms with E-state index in [0.717, 1.165) is 12.8 Å². The molecule has 1 unspecified atom stereocenters. The zero-order chi connectivity index (χ0) is 16.9. The fourth-order valence-electron chi connectivity index (χ4n) is 2.78. The molecule has 0 saturated carbocycles. The molecule has 24 heavy (non-hydrogen) atoms. The SMILES string of the molecule is Nc1ccc(NC(=O)C2CCCN(C(=O)c3ccncc3)C2)cn1. The van der Waals surface area contributed by atoms with Gasteiger partial charge >= 0.3 is 0 Å². The summed E-state index contributed by atoms with van der Waals surface area (Å²) in [4.78, 5) is 34.5. The number of nitrogen functional groups attached to an aromatic ring is 1. The second kappa shape index (κ2) is 7.08. The molecule has 2 aromatic heterocycles. The average Bonchev–Trinajstić information content (AvgIpc) is 2.64. The molecule has 0 aliphatic carbocycles. The maximum atomic E-state index is 12.5. The van der Waals surface area contributed by atoms with E-state index in [2.05, 4.69) is 15.3 Å². The first-order chi connectivity index (χ1) is 11.6. The van der Waals surface area contributed by atoms with Crippen molar-refractivity contribution in [1.82, 2.24) is 14.9 Å². The predicted molar refractivity (Wildman–Crippen MR) is 90.1 cm³/mol. The highest BCUT2D eigenvalue weighted by Crippen LogP contribution is 2.20. The van der Waals surface area contributed by atoms with Gasteiger partial charge < -0.3 is 16.0 Å². The number of carbonyl (C=O) groups is 2. The van der Waals surface area contributed by atoms with Crippen molar-refractivity contribution in [2.75, 3.05) is 24.1 Å². The number of pyridine rings is 2. The third-order valence-electron chi connectivity index (χ3n) is 4.06. The number of hydrogen-bond donors (Lipinski definition) is 2. The normalized spacial score (nSPS) is 17.3. The molecule has 1 aliphatic rings. The van der Waals surface area contributed by atoms with Crippen molar-refractivity contribution < 1.29 is 9.59 Å². The Balaban J connectivity index is 1.63. The van der Waals surface area contributed by atoms with Crippen molar-refractivity contribution in [3.63, 3.8) is 0 Å². The maximum Gasteiger partial charge on any atom is 0.253 e. The van der Waals surface area contributed by atoms with Gasteiger partial charge in [0.2, 0.25) is 5.91 Å². The van der Waals surface area contributed by atoms with Gasteiger partial charge in [-0.2, -0.15) is 0 Å². The summed E-state index contributed by atoms with van der Waals surface area (Å²) in [7, 11) is 0. The van der Waals surface area contributed by atoms with Gasteiger partial charge in [0, 0.05) is 31.0 Å². The molecule has 1 aliphatic heterocycles. The monoisotopic (exact) mass is 325 g/mol. The third-order valence-corrected chi connectivity index (χ3v) is 4.06. The number of hydrogen-bond acceptors (Lipinski definition) is 5. The van der Waals surface area contributed by atoms with E-state index in [-0.39, 0.29) is 17.7 Å². The molecule has 1 fully saturated rings. The van der Waals surface area contributed by atoms with Crippen LogP contribution in [0.25, 0.3) is 0 Å². The first-order valence-corrected chi connectivity index (χ1v) is 7.85. The van der Waals surface area contributed by atoms with E-state index in [1.807, 2.05) is 0 Å². The zero-order valence-electron chi connectivity index (χ0n) is 13.2. The zero-order valence-corrected chi connectivity index (χ0v) is 13.2. The van der Waals surface area contributed by atoms with E-state index in [0.29, 0.717) is 30.2 Å². The largest absolute Gasteiger partial charge is 0.384 e. The van der Waals surface area contributed by atoms with Crippen LogP contribution in [0.5, 0.6) is 0 Å². The summed E-state index contributed by atoms with van der Waals surface area (Å²) in [6, 6.07) is 6.72. The fourth-order valence-corrected chi connectivity index (χ4v) is 2.78. The molecule has 3 rings (SSSR count). The molecule has 124 valence electrons. The molecule has 0 spiro atoms. The third kappa shape index (κ3) is 3.68. The molecule has 3 N–H and O–H groups in total. The van der Waals surface area contributed by atoms with Gasteiger partial charge in [-0.15, -0.1) is 0 Å². The van der Waals surface area contributed by atoms with Crippen LogP contribution in [0.15, 0.2) is 42.9 Å². The number of likely N-dealkylation sites (tertiary alicyclic amines) is 1. The minimum atomic E-state index is -0.234. The number of nitrogens with zero attached hydrogens (tertiary/aromatic N) is 3.